The Morgan fingerprint density at radius 3 is 2.79 bits per heavy atom. The highest BCUT2D eigenvalue weighted by Gasteiger charge is 2.31. The van der Waals surface area contributed by atoms with E-state index in [1.165, 1.54) is 0 Å². The number of hydrogen-bond donors (Lipinski definition) is 2. The molecule has 0 amide bonds. The highest BCUT2D eigenvalue weighted by Crippen LogP contribution is 2.31. The molecule has 1 unspecified atom stereocenters. The number of H-pyrrole nitrogens is 1. The molecule has 1 saturated heterocycles. The lowest BCUT2D eigenvalue weighted by molar-refractivity contribution is -0.137. The van der Waals surface area contributed by atoms with E-state index in [1.54, 1.807) is 18.6 Å². The average Bonchev–Trinajstić information content (AvgIpc) is 3.34. The number of likely N-dealkylation sites (tertiary alicyclic amines) is 1. The van der Waals surface area contributed by atoms with E-state index in [4.69, 9.17) is 0 Å². The molecular weight excluding hydrogens is 371 g/mol. The summed E-state index contributed by atoms with van der Waals surface area (Å²) in [6, 6.07) is 3.71. The Kier molecular flexibility index (Phi) is 4.95. The van der Waals surface area contributed by atoms with Crippen molar-refractivity contribution in [3.8, 4) is 0 Å². The second-order valence-corrected chi connectivity index (χ2v) is 6.61. The zero-order valence-electron chi connectivity index (χ0n) is 14.8. The molecular formula is C18H18F3N7. The van der Waals surface area contributed by atoms with Crippen LogP contribution >= 0.6 is 0 Å². The third kappa shape index (κ3) is 4.28. The fourth-order valence-corrected chi connectivity index (χ4v) is 3.26. The van der Waals surface area contributed by atoms with Crippen LogP contribution < -0.4 is 5.32 Å². The third-order valence-electron chi connectivity index (χ3n) is 4.62. The summed E-state index contributed by atoms with van der Waals surface area (Å²) in [6.07, 6.45) is 2.76. The number of anilines is 2. The van der Waals surface area contributed by atoms with E-state index in [-0.39, 0.29) is 17.7 Å². The first-order valence-corrected chi connectivity index (χ1v) is 8.81. The summed E-state index contributed by atoms with van der Waals surface area (Å²) in [4.78, 5) is 22.1. The van der Waals surface area contributed by atoms with Crippen molar-refractivity contribution in [3.05, 3.63) is 60.1 Å². The Morgan fingerprint density at radius 1 is 1.14 bits per heavy atom. The van der Waals surface area contributed by atoms with Crippen molar-refractivity contribution in [1.29, 1.82) is 0 Å². The van der Waals surface area contributed by atoms with E-state index in [9.17, 15) is 13.2 Å². The van der Waals surface area contributed by atoms with Crippen LogP contribution in [-0.4, -0.2) is 42.9 Å². The first-order valence-electron chi connectivity index (χ1n) is 8.81. The van der Waals surface area contributed by atoms with Gasteiger partial charge >= 0.3 is 6.18 Å². The summed E-state index contributed by atoms with van der Waals surface area (Å²) >= 11 is 0. The number of aromatic nitrogens is 5. The molecule has 146 valence electrons. The fraction of sp³-hybridized carbons (Fsp3) is 0.333. The molecule has 0 aliphatic carbocycles. The summed E-state index contributed by atoms with van der Waals surface area (Å²) in [7, 11) is 0. The number of pyridine rings is 1. The summed E-state index contributed by atoms with van der Waals surface area (Å²) in [6.45, 7) is 2.50. The predicted octanol–water partition coefficient (Wildman–Crippen LogP) is 3.35. The highest BCUT2D eigenvalue weighted by molar-refractivity contribution is 5.49. The second-order valence-electron chi connectivity index (χ2n) is 6.61. The summed E-state index contributed by atoms with van der Waals surface area (Å²) in [5.41, 5.74) is 0.0805. The monoisotopic (exact) mass is 389 g/mol. The van der Waals surface area contributed by atoms with Gasteiger partial charge in [-0.15, -0.1) is 0 Å². The Balaban J connectivity index is 1.44. The first kappa shape index (κ1) is 18.4. The minimum Gasteiger partial charge on any atom is -0.348 e. The molecule has 0 bridgehead atoms. The van der Waals surface area contributed by atoms with Crippen molar-refractivity contribution in [2.24, 2.45) is 0 Å². The molecule has 4 rings (SSSR count). The molecule has 2 N–H and O–H groups in total. The number of nitrogens with one attached hydrogen (secondary N) is 2. The summed E-state index contributed by atoms with van der Waals surface area (Å²) < 4.78 is 38.5. The Morgan fingerprint density at radius 2 is 2.00 bits per heavy atom. The molecule has 0 saturated carbocycles. The van der Waals surface area contributed by atoms with Crippen molar-refractivity contribution in [1.82, 2.24) is 29.8 Å². The number of alkyl halides is 3. The van der Waals surface area contributed by atoms with E-state index < -0.39 is 11.7 Å². The maximum absolute atomic E-state index is 12.8. The number of rotatable bonds is 5. The molecule has 1 aliphatic heterocycles. The largest absolute Gasteiger partial charge is 0.416 e. The lowest BCUT2D eigenvalue weighted by Crippen LogP contribution is -2.20. The Hall–Kier alpha value is -3.01. The van der Waals surface area contributed by atoms with Crippen molar-refractivity contribution in [2.75, 3.05) is 18.4 Å². The lowest BCUT2D eigenvalue weighted by atomic mass is 10.1. The summed E-state index contributed by atoms with van der Waals surface area (Å²) in [5.74, 6) is 1.43. The van der Waals surface area contributed by atoms with Crippen LogP contribution in [0.3, 0.4) is 0 Å². The predicted molar refractivity (Wildman–Crippen MR) is 95.8 cm³/mol. The Bertz CT molecular complexity index is 927. The van der Waals surface area contributed by atoms with Gasteiger partial charge in [0.2, 0.25) is 5.95 Å². The van der Waals surface area contributed by atoms with E-state index >= 15 is 0 Å². The van der Waals surface area contributed by atoms with E-state index in [1.807, 2.05) is 6.07 Å². The number of imidazole rings is 1. The van der Waals surface area contributed by atoms with Gasteiger partial charge in [-0.3, -0.25) is 4.90 Å². The summed E-state index contributed by atoms with van der Waals surface area (Å²) in [5, 5.41) is 2.77. The van der Waals surface area contributed by atoms with Gasteiger partial charge < -0.3 is 10.3 Å². The molecule has 0 radical (unpaired) electrons. The topological polar surface area (TPSA) is 82.6 Å². The zero-order valence-corrected chi connectivity index (χ0v) is 14.8. The number of nitrogens with zero attached hydrogens (tertiary/aromatic N) is 5. The van der Waals surface area contributed by atoms with Gasteiger partial charge in [-0.2, -0.15) is 13.2 Å². The molecule has 1 atom stereocenters. The van der Waals surface area contributed by atoms with Crippen molar-refractivity contribution in [2.45, 2.75) is 25.1 Å². The van der Waals surface area contributed by atoms with Crippen LogP contribution in [0.25, 0.3) is 0 Å². The van der Waals surface area contributed by atoms with Gasteiger partial charge in [-0.25, -0.2) is 19.9 Å². The minimum absolute atomic E-state index is 0.0536. The second kappa shape index (κ2) is 7.55. The molecule has 28 heavy (non-hydrogen) atoms. The standard InChI is InChI=1S/C18H18F3N7/c19-18(20,21)13-1-4-22-15(9-13)27-17-25-5-2-14(26-17)12-3-8-28(10-12)11-16-23-6-7-24-16/h1-2,4-7,9,12H,3,8,10-11H2,(H,23,24)(H,22,25,26,27). The van der Waals surface area contributed by atoms with Gasteiger partial charge in [0.05, 0.1) is 17.8 Å². The van der Waals surface area contributed by atoms with E-state index in [0.29, 0.717) is 0 Å². The number of hydrogen-bond acceptors (Lipinski definition) is 6. The van der Waals surface area contributed by atoms with Gasteiger partial charge in [0.15, 0.2) is 0 Å². The number of halogens is 3. The molecule has 0 aromatic carbocycles. The van der Waals surface area contributed by atoms with Gasteiger partial charge in [0.1, 0.15) is 11.6 Å². The maximum Gasteiger partial charge on any atom is 0.416 e. The molecule has 0 spiro atoms. The van der Waals surface area contributed by atoms with Crippen molar-refractivity contribution >= 4 is 11.8 Å². The zero-order chi connectivity index (χ0) is 19.6. The van der Waals surface area contributed by atoms with Crippen LogP contribution in [-0.2, 0) is 12.7 Å². The first-order chi connectivity index (χ1) is 13.5. The van der Waals surface area contributed by atoms with Gasteiger partial charge in [-0.1, -0.05) is 0 Å². The molecule has 7 nitrogen and oxygen atoms in total. The van der Waals surface area contributed by atoms with Gasteiger partial charge in [0.25, 0.3) is 0 Å². The van der Waals surface area contributed by atoms with Gasteiger partial charge in [0, 0.05) is 37.3 Å². The van der Waals surface area contributed by atoms with Crippen LogP contribution in [0.4, 0.5) is 24.9 Å². The quantitative estimate of drug-likeness (QED) is 0.696. The van der Waals surface area contributed by atoms with Crippen LogP contribution in [0, 0.1) is 0 Å². The maximum atomic E-state index is 12.8. The molecule has 4 heterocycles. The molecule has 1 aliphatic rings. The van der Waals surface area contributed by atoms with E-state index in [0.717, 1.165) is 55.9 Å². The normalized spacial score (nSPS) is 17.8. The smallest absolute Gasteiger partial charge is 0.348 e. The molecule has 3 aromatic heterocycles. The van der Waals surface area contributed by atoms with E-state index in [2.05, 4.69) is 35.1 Å². The van der Waals surface area contributed by atoms with Crippen LogP contribution in [0.2, 0.25) is 0 Å². The highest BCUT2D eigenvalue weighted by atomic mass is 19.4. The molecule has 10 heteroatoms. The van der Waals surface area contributed by atoms with Crippen LogP contribution in [0.1, 0.15) is 29.4 Å². The van der Waals surface area contributed by atoms with Crippen LogP contribution in [0.5, 0.6) is 0 Å². The molecule has 1 fully saturated rings. The average molecular weight is 389 g/mol. The molecule has 3 aromatic rings. The van der Waals surface area contributed by atoms with Crippen molar-refractivity contribution in [3.63, 3.8) is 0 Å². The van der Waals surface area contributed by atoms with Crippen LogP contribution in [0.15, 0.2) is 43.0 Å². The lowest BCUT2D eigenvalue weighted by Gasteiger charge is -2.14. The van der Waals surface area contributed by atoms with Gasteiger partial charge in [-0.05, 0) is 31.2 Å². The fourth-order valence-electron chi connectivity index (χ4n) is 3.26. The SMILES string of the molecule is FC(F)(F)c1ccnc(Nc2nccc(C3CCN(Cc4ncc[nH]4)C3)n2)c1. The van der Waals surface area contributed by atoms with Crippen molar-refractivity contribution < 1.29 is 13.2 Å². The third-order valence-corrected chi connectivity index (χ3v) is 4.62. The minimum atomic E-state index is -4.43. The number of aromatic amines is 1. The Labute approximate surface area is 159 Å².